The van der Waals surface area contributed by atoms with Crippen LogP contribution in [0.3, 0.4) is 0 Å². The Labute approximate surface area is 204 Å². The molecule has 8 nitrogen and oxygen atoms in total. The topological polar surface area (TPSA) is 116 Å². The molecule has 0 spiro atoms. The second-order valence-corrected chi connectivity index (χ2v) is 9.37. The Kier molecular flexibility index (Phi) is 7.97. The Morgan fingerprint density at radius 1 is 1.15 bits per heavy atom. The second-order valence-electron chi connectivity index (χ2n) is 9.37. The summed E-state index contributed by atoms with van der Waals surface area (Å²) in [6.07, 6.45) is 5.86. The van der Waals surface area contributed by atoms with Crippen LogP contribution in [0.5, 0.6) is 0 Å². The number of aliphatic hydroxyl groups is 1. The van der Waals surface area contributed by atoms with Gasteiger partial charge in [0.2, 0.25) is 6.04 Å². The number of likely N-dealkylation sites (N-methyl/N-ethyl adjacent to an activating group) is 1. The Morgan fingerprint density at radius 3 is 2.33 bits per heavy atom. The molecule has 2 heterocycles. The number of hydrogen-bond acceptors (Lipinski definition) is 6. The van der Waals surface area contributed by atoms with Gasteiger partial charge in [0.05, 0.1) is 20.1 Å². The first kappa shape index (κ1) is 25.4. The van der Waals surface area contributed by atoms with Gasteiger partial charge in [-0.1, -0.05) is 48.3 Å². The van der Waals surface area contributed by atoms with Crippen LogP contribution in [0.25, 0.3) is 0 Å². The third kappa shape index (κ3) is 5.00. The number of piperidine rings is 1. The minimum atomic E-state index is -1.64. The first-order chi connectivity index (χ1) is 15.3. The lowest BCUT2D eigenvalue weighted by Crippen LogP contribution is -3.00. The van der Waals surface area contributed by atoms with E-state index in [0.717, 1.165) is 25.7 Å². The number of rotatable bonds is 7. The second kappa shape index (κ2) is 10.4. The smallest absolute Gasteiger partial charge is 0.343 e. The van der Waals surface area contributed by atoms with Crippen molar-refractivity contribution in [1.29, 1.82) is 0 Å². The number of primary amides is 1. The largest absolute Gasteiger partial charge is 1.00 e. The zero-order valence-electron chi connectivity index (χ0n) is 18.9. The Balaban J connectivity index is 0.00000306. The number of hydrogen-bond donors (Lipinski definition) is 2. The summed E-state index contributed by atoms with van der Waals surface area (Å²) in [6.45, 7) is 1.18. The average Bonchev–Trinajstić information content (AvgIpc) is 3.50. The zero-order chi connectivity index (χ0) is 22.8. The lowest BCUT2D eigenvalue weighted by molar-refractivity contribution is -0.935. The van der Waals surface area contributed by atoms with Crippen LogP contribution in [0.15, 0.2) is 47.2 Å². The van der Waals surface area contributed by atoms with Gasteiger partial charge in [0.25, 0.3) is 5.91 Å². The molecule has 1 aromatic heterocycles. The van der Waals surface area contributed by atoms with Crippen LogP contribution < -0.4 is 22.7 Å². The predicted molar refractivity (Wildman–Crippen MR) is 116 cm³/mol. The van der Waals surface area contributed by atoms with Crippen LogP contribution in [0.4, 0.5) is 0 Å². The van der Waals surface area contributed by atoms with Crippen molar-refractivity contribution in [2.75, 3.05) is 20.1 Å². The van der Waals surface area contributed by atoms with E-state index < -0.39 is 23.5 Å². The van der Waals surface area contributed by atoms with E-state index >= 15 is 0 Å². The molecule has 1 saturated carbocycles. The van der Waals surface area contributed by atoms with Crippen LogP contribution in [0.2, 0.25) is 0 Å². The highest BCUT2D eigenvalue weighted by atomic mass is 79.9. The predicted octanol–water partition coefficient (Wildman–Crippen LogP) is -0.565. The molecule has 1 amide bonds. The number of aromatic nitrogens is 1. The van der Waals surface area contributed by atoms with Gasteiger partial charge in [-0.05, 0) is 18.4 Å². The molecule has 0 bridgehead atoms. The summed E-state index contributed by atoms with van der Waals surface area (Å²) in [4.78, 5) is 25.5. The molecule has 1 aromatic carbocycles. The van der Waals surface area contributed by atoms with E-state index in [2.05, 4.69) is 5.16 Å². The number of halogens is 1. The molecule has 33 heavy (non-hydrogen) atoms. The fourth-order valence-electron chi connectivity index (χ4n) is 5.44. The van der Waals surface area contributed by atoms with Crippen LogP contribution in [-0.4, -0.2) is 52.9 Å². The maximum atomic E-state index is 13.3. The summed E-state index contributed by atoms with van der Waals surface area (Å²) in [5, 5.41) is 15.5. The van der Waals surface area contributed by atoms with Gasteiger partial charge >= 0.3 is 5.97 Å². The fourth-order valence-corrected chi connectivity index (χ4v) is 5.44. The van der Waals surface area contributed by atoms with Crippen molar-refractivity contribution in [2.45, 2.75) is 56.3 Å². The number of ether oxygens (including phenoxy) is 1. The molecule has 2 aromatic rings. The molecule has 9 heteroatoms. The number of likely N-dealkylation sites (tertiary alicyclic amines) is 1. The van der Waals surface area contributed by atoms with Crippen LogP contribution >= 0.6 is 0 Å². The summed E-state index contributed by atoms with van der Waals surface area (Å²) < 4.78 is 11.2. The van der Waals surface area contributed by atoms with Gasteiger partial charge in [-0.15, -0.1) is 0 Å². The fraction of sp³-hybridized carbons (Fsp3) is 0.542. The number of amides is 1. The zero-order valence-corrected chi connectivity index (χ0v) is 20.4. The molecule has 4 rings (SSSR count). The van der Waals surface area contributed by atoms with Crippen LogP contribution in [0.1, 0.15) is 55.8 Å². The number of carbonyl (C=O) groups excluding carboxylic acids is 2. The lowest BCUT2D eigenvalue weighted by atomic mass is 9.80. The highest BCUT2D eigenvalue weighted by molar-refractivity contribution is 5.82. The van der Waals surface area contributed by atoms with Crippen molar-refractivity contribution in [3.63, 3.8) is 0 Å². The van der Waals surface area contributed by atoms with Gasteiger partial charge in [-0.3, -0.25) is 4.79 Å². The molecule has 2 atom stereocenters. The maximum absolute atomic E-state index is 13.3. The maximum Gasteiger partial charge on any atom is 0.343 e. The summed E-state index contributed by atoms with van der Waals surface area (Å²) >= 11 is 0. The standard InChI is InChI=1S/C24H31N3O5.BrH/c1-27(21(22(25)28)20-13-16-31-26-20)14-11-19(12-15-27)32-23(29)24(30,18-9-5-6-10-18)17-7-3-2-4-8-17;/h2-4,7-8,13,16,18-19,21,30H,5-6,9-12,14-15H2,1H3,(H-,25,28);1H. The molecule has 0 radical (unpaired) electrons. The van der Waals surface area contributed by atoms with Gasteiger partial charge in [-0.2, -0.15) is 0 Å². The van der Waals surface area contributed by atoms with Gasteiger partial charge in [0, 0.05) is 24.8 Å². The van der Waals surface area contributed by atoms with E-state index in [1.807, 2.05) is 25.2 Å². The number of esters is 1. The van der Waals surface area contributed by atoms with Crippen LogP contribution in [-0.2, 0) is 19.9 Å². The molecule has 2 fully saturated rings. The first-order valence-electron chi connectivity index (χ1n) is 11.4. The van der Waals surface area contributed by atoms with Crippen molar-refractivity contribution in [3.8, 4) is 0 Å². The average molecular weight is 522 g/mol. The van der Waals surface area contributed by atoms with Crippen molar-refractivity contribution >= 4 is 11.9 Å². The molecule has 2 aliphatic rings. The Morgan fingerprint density at radius 2 is 1.79 bits per heavy atom. The molecule has 3 N–H and O–H groups in total. The number of quaternary nitrogens is 1. The molecule has 180 valence electrons. The number of carbonyl (C=O) groups is 2. The normalized spacial score (nSPS) is 26.1. The molecular formula is C24H32BrN3O5. The Hall–Kier alpha value is -2.23. The van der Waals surface area contributed by atoms with E-state index in [1.165, 1.54) is 6.26 Å². The highest BCUT2D eigenvalue weighted by Gasteiger charge is 2.50. The summed E-state index contributed by atoms with van der Waals surface area (Å²) in [6, 6.07) is 10.2. The molecule has 1 aliphatic carbocycles. The molecule has 1 saturated heterocycles. The number of nitrogens with zero attached hydrogens (tertiary/aromatic N) is 2. The van der Waals surface area contributed by atoms with Gasteiger partial charge < -0.3 is 41.6 Å². The van der Waals surface area contributed by atoms with E-state index in [9.17, 15) is 14.7 Å². The molecule has 2 unspecified atom stereocenters. The van der Waals surface area contributed by atoms with E-state index in [1.54, 1.807) is 18.2 Å². The lowest BCUT2D eigenvalue weighted by Gasteiger charge is -2.44. The molecular weight excluding hydrogens is 490 g/mol. The van der Waals surface area contributed by atoms with Gasteiger partial charge in [0.15, 0.2) is 11.3 Å². The van der Waals surface area contributed by atoms with E-state index in [0.29, 0.717) is 41.7 Å². The van der Waals surface area contributed by atoms with Crippen LogP contribution in [0, 0.1) is 5.92 Å². The van der Waals surface area contributed by atoms with Crippen molar-refractivity contribution in [1.82, 2.24) is 5.16 Å². The summed E-state index contributed by atoms with van der Waals surface area (Å²) in [5.74, 6) is -1.18. The van der Waals surface area contributed by atoms with Gasteiger partial charge in [0.1, 0.15) is 12.4 Å². The third-order valence-corrected chi connectivity index (χ3v) is 7.30. The van der Waals surface area contributed by atoms with E-state index in [-0.39, 0.29) is 29.0 Å². The monoisotopic (exact) mass is 521 g/mol. The minimum absolute atomic E-state index is 0. The number of benzene rings is 1. The number of nitrogens with two attached hydrogens (primary N) is 1. The summed E-state index contributed by atoms with van der Waals surface area (Å²) in [7, 11) is 1.96. The third-order valence-electron chi connectivity index (χ3n) is 7.30. The quantitative estimate of drug-likeness (QED) is 0.372. The van der Waals surface area contributed by atoms with Gasteiger partial charge in [-0.25, -0.2) is 4.79 Å². The van der Waals surface area contributed by atoms with Crippen molar-refractivity contribution < 1.29 is 45.4 Å². The van der Waals surface area contributed by atoms with Crippen molar-refractivity contribution in [2.24, 2.45) is 11.7 Å². The first-order valence-corrected chi connectivity index (χ1v) is 11.4. The van der Waals surface area contributed by atoms with E-state index in [4.69, 9.17) is 15.0 Å². The highest BCUT2D eigenvalue weighted by Crippen LogP contribution is 2.42. The summed E-state index contributed by atoms with van der Waals surface area (Å²) in [5.41, 5.74) is 5.16. The van der Waals surface area contributed by atoms with Crippen molar-refractivity contribution in [3.05, 3.63) is 53.9 Å². The molecule has 1 aliphatic heterocycles. The minimum Gasteiger partial charge on any atom is -1.00 e. The Bertz CT molecular complexity index is 925. The SMILES string of the molecule is C[N+]1(C(C(N)=O)c2ccon2)CCC(OC(=O)C(O)(c2ccccc2)C2CCCC2)CC1.[Br-].